The number of fused-ring (bicyclic) bond motifs is 4. The Kier molecular flexibility index (Phi) is 10.8. The minimum atomic E-state index is -0.148. The zero-order valence-corrected chi connectivity index (χ0v) is 30.1. The fourth-order valence-corrected chi connectivity index (χ4v) is 6.37. The normalized spacial score (nSPS) is 18.5. The second-order valence-corrected chi connectivity index (χ2v) is 11.2. The molecular formula is C41H34Cl2Hf. The van der Waals surface area contributed by atoms with Crippen molar-refractivity contribution in [2.45, 2.75) is 24.7 Å². The Morgan fingerprint density at radius 3 is 1.20 bits per heavy atom. The van der Waals surface area contributed by atoms with Gasteiger partial charge >= 0.3 is 28.2 Å². The molecule has 0 N–H and O–H groups in total. The fourth-order valence-electron chi connectivity index (χ4n) is 6.37. The van der Waals surface area contributed by atoms with Crippen molar-refractivity contribution >= 4 is 74.9 Å². The van der Waals surface area contributed by atoms with Gasteiger partial charge in [-0.05, 0) is 43.5 Å². The molecular weight excluding hydrogens is 742 g/mol. The van der Waals surface area contributed by atoms with E-state index in [1.165, 1.54) is 53.5 Å². The number of rotatable bonds is 2. The van der Waals surface area contributed by atoms with Gasteiger partial charge in [-0.3, -0.25) is 0 Å². The predicted octanol–water partition coefficient (Wildman–Crippen LogP) is 7.31. The summed E-state index contributed by atoms with van der Waals surface area (Å²) in [5, 5.41) is 10.2. The first kappa shape index (κ1) is 33.5. The molecule has 0 saturated heterocycles. The third-order valence-corrected chi connectivity index (χ3v) is 8.30. The second kappa shape index (κ2) is 14.2. The first-order valence-corrected chi connectivity index (χ1v) is 16.8. The molecule has 0 amide bonds. The van der Waals surface area contributed by atoms with E-state index in [2.05, 4.69) is 176 Å². The summed E-state index contributed by atoms with van der Waals surface area (Å²) in [6.07, 6.45) is 12.0. The van der Waals surface area contributed by atoms with Gasteiger partial charge in [0, 0.05) is 0 Å². The van der Waals surface area contributed by atoms with E-state index in [1.54, 1.807) is 0 Å². The number of hydrogen-bond acceptors (Lipinski definition) is 0. The van der Waals surface area contributed by atoms with Gasteiger partial charge in [0.1, 0.15) is 0 Å². The summed E-state index contributed by atoms with van der Waals surface area (Å²) in [4.78, 5) is 0. The van der Waals surface area contributed by atoms with Gasteiger partial charge in [0.15, 0.2) is 0 Å². The first-order chi connectivity index (χ1) is 20.5. The SMILES string of the molecule is CC1(c2cccc3ccccc23)[C-]=c2ccccc2=C1.CC1(c2cccc3ccccc23)[C-]=c2ccccc2=C1.Cl.Cl.[CH2]=[Hf+2]. The molecule has 6 aromatic carbocycles. The molecule has 2 atom stereocenters. The van der Waals surface area contributed by atoms with Gasteiger partial charge in [0.2, 0.25) is 0 Å². The molecule has 0 nitrogen and oxygen atoms in total. The molecule has 216 valence electrons. The molecule has 0 aliphatic heterocycles. The van der Waals surface area contributed by atoms with Gasteiger partial charge < -0.3 is 0 Å². The van der Waals surface area contributed by atoms with Gasteiger partial charge in [-0.15, -0.1) is 71.7 Å². The van der Waals surface area contributed by atoms with Crippen molar-refractivity contribution in [3.05, 3.63) is 165 Å². The standard InChI is InChI=1S/2C20H15.CH2.2ClH.Hf/c2*1-20(13-16-8-2-3-9-17(16)14-20)19-12-6-10-15-7-4-5-11-18(15)19;;;;/h2*2-13H,1H3;1H2;2*1H;/q2*-1;;;;+2. The summed E-state index contributed by atoms with van der Waals surface area (Å²) in [6, 6.07) is 47.2. The van der Waals surface area contributed by atoms with E-state index in [9.17, 15) is 0 Å². The second-order valence-electron chi connectivity index (χ2n) is 11.2. The summed E-state index contributed by atoms with van der Waals surface area (Å²) >= 11 is 1.06. The third-order valence-electron chi connectivity index (χ3n) is 8.30. The van der Waals surface area contributed by atoms with Crippen molar-refractivity contribution in [1.29, 1.82) is 0 Å². The van der Waals surface area contributed by atoms with E-state index < -0.39 is 0 Å². The van der Waals surface area contributed by atoms with E-state index in [1.807, 2.05) is 0 Å². The van der Waals surface area contributed by atoms with E-state index in [0.29, 0.717) is 0 Å². The molecule has 0 heterocycles. The van der Waals surface area contributed by atoms with Gasteiger partial charge in [-0.1, -0.05) is 111 Å². The van der Waals surface area contributed by atoms with Gasteiger partial charge in [0.05, 0.1) is 0 Å². The Bertz CT molecular complexity index is 1940. The van der Waals surface area contributed by atoms with E-state index in [0.717, 1.165) is 23.9 Å². The van der Waals surface area contributed by atoms with Crippen molar-refractivity contribution in [3.8, 4) is 0 Å². The quantitative estimate of drug-likeness (QED) is 0.128. The number of halogens is 2. The molecule has 2 unspecified atom stereocenters. The fraction of sp³-hybridized carbons (Fsp3) is 0.0976. The van der Waals surface area contributed by atoms with Gasteiger partial charge in [-0.2, -0.15) is 34.7 Å². The topological polar surface area (TPSA) is 0 Å². The minimum absolute atomic E-state index is 0. The molecule has 0 spiro atoms. The van der Waals surface area contributed by atoms with Gasteiger partial charge in [-0.25, -0.2) is 0 Å². The van der Waals surface area contributed by atoms with Crippen LogP contribution in [0.2, 0.25) is 0 Å². The van der Waals surface area contributed by atoms with Crippen LogP contribution in [0, 0.1) is 0 Å². The van der Waals surface area contributed by atoms with Crippen molar-refractivity contribution < 1.29 is 23.9 Å². The summed E-state index contributed by atoms with van der Waals surface area (Å²) in [5.41, 5.74) is 2.35. The molecule has 6 aromatic rings. The van der Waals surface area contributed by atoms with Crippen LogP contribution in [0.4, 0.5) is 0 Å². The summed E-state index contributed by atoms with van der Waals surface area (Å²) < 4.78 is 3.39. The Balaban J connectivity index is 0.000000182. The molecule has 0 radical (unpaired) electrons. The Hall–Kier alpha value is -3.36. The van der Waals surface area contributed by atoms with Crippen LogP contribution in [0.15, 0.2) is 133 Å². The van der Waals surface area contributed by atoms with Crippen molar-refractivity contribution in [2.75, 3.05) is 0 Å². The van der Waals surface area contributed by atoms with E-state index in [-0.39, 0.29) is 35.6 Å². The van der Waals surface area contributed by atoms with Crippen LogP contribution in [0.1, 0.15) is 25.0 Å². The zero-order chi connectivity index (χ0) is 29.2. The Labute approximate surface area is 287 Å². The Morgan fingerprint density at radius 2 is 0.795 bits per heavy atom. The van der Waals surface area contributed by atoms with Crippen LogP contribution in [-0.2, 0) is 34.7 Å². The zero-order valence-electron chi connectivity index (χ0n) is 24.9. The molecule has 3 heteroatoms. The monoisotopic (exact) mass is 776 g/mol. The first-order valence-electron chi connectivity index (χ1n) is 14.3. The molecule has 0 aromatic heterocycles. The van der Waals surface area contributed by atoms with Crippen LogP contribution in [-0.4, -0.2) is 4.26 Å². The average Bonchev–Trinajstić information content (AvgIpc) is 3.58. The maximum absolute atomic E-state index is 3.66. The molecule has 44 heavy (non-hydrogen) atoms. The van der Waals surface area contributed by atoms with Crippen molar-refractivity contribution in [1.82, 2.24) is 0 Å². The molecule has 8 rings (SSSR count). The van der Waals surface area contributed by atoms with Crippen LogP contribution in [0.5, 0.6) is 0 Å². The van der Waals surface area contributed by atoms with Crippen LogP contribution in [0.25, 0.3) is 45.8 Å². The van der Waals surface area contributed by atoms with Crippen molar-refractivity contribution in [3.63, 3.8) is 0 Å². The summed E-state index contributed by atoms with van der Waals surface area (Å²) in [7, 11) is 0. The molecule has 2 aliphatic rings. The molecule has 2 aliphatic carbocycles. The summed E-state index contributed by atoms with van der Waals surface area (Å²) in [5.74, 6) is 0. The van der Waals surface area contributed by atoms with Crippen LogP contribution in [0.3, 0.4) is 0 Å². The van der Waals surface area contributed by atoms with E-state index in [4.69, 9.17) is 0 Å². The maximum atomic E-state index is 3.66. The predicted molar refractivity (Wildman–Crippen MR) is 191 cm³/mol. The van der Waals surface area contributed by atoms with Crippen molar-refractivity contribution in [2.24, 2.45) is 0 Å². The molecule has 0 bridgehead atoms. The average molecular weight is 776 g/mol. The molecule has 0 fully saturated rings. The molecule has 0 saturated carbocycles. The van der Waals surface area contributed by atoms with Crippen LogP contribution >= 0.6 is 24.8 Å². The third kappa shape index (κ3) is 6.38. The summed E-state index contributed by atoms with van der Waals surface area (Å²) in [6.45, 7) is 4.49. The number of benzene rings is 6. The van der Waals surface area contributed by atoms with E-state index >= 15 is 0 Å². The van der Waals surface area contributed by atoms with Gasteiger partial charge in [0.25, 0.3) is 0 Å². The van der Waals surface area contributed by atoms with Crippen LogP contribution < -0.4 is 20.9 Å². The Morgan fingerprint density at radius 1 is 0.455 bits per heavy atom. The number of hydrogen-bond donors (Lipinski definition) is 0.